The van der Waals surface area contributed by atoms with Crippen LogP contribution in [-0.4, -0.2) is 23.7 Å². The Bertz CT molecular complexity index is 174. The third-order valence-corrected chi connectivity index (χ3v) is 2.75. The van der Waals surface area contributed by atoms with Crippen LogP contribution in [0.25, 0.3) is 0 Å². The van der Waals surface area contributed by atoms with Crippen LogP contribution in [0.15, 0.2) is 0 Å². The van der Waals surface area contributed by atoms with Crippen LogP contribution in [0.4, 0.5) is 0 Å². The van der Waals surface area contributed by atoms with Gasteiger partial charge in [-0.2, -0.15) is 0 Å². The monoisotopic (exact) mass is 201 g/mol. The minimum absolute atomic E-state index is 0.527. The van der Waals surface area contributed by atoms with E-state index in [2.05, 4.69) is 19.2 Å². The minimum atomic E-state index is -0.719. The Morgan fingerprint density at radius 2 is 1.86 bits per heavy atom. The fraction of sp³-hybridized carbons (Fsp3) is 0.909. The highest BCUT2D eigenvalue weighted by atomic mass is 16.4. The first kappa shape index (κ1) is 13.4. The molecular weight excluding hydrogens is 178 g/mol. The molecule has 84 valence electrons. The zero-order chi connectivity index (χ0) is 11.2. The van der Waals surface area contributed by atoms with Crippen LogP contribution in [0.1, 0.15) is 47.0 Å². The number of nitrogens with one attached hydrogen (secondary N) is 1. The Labute approximate surface area is 86.9 Å². The van der Waals surface area contributed by atoms with Gasteiger partial charge in [-0.3, -0.25) is 4.79 Å². The molecule has 3 heteroatoms. The molecule has 3 nitrogen and oxygen atoms in total. The summed E-state index contributed by atoms with van der Waals surface area (Å²) in [4.78, 5) is 10.8. The number of hydrogen-bond acceptors (Lipinski definition) is 2. The molecule has 0 aliphatic heterocycles. The molecule has 0 heterocycles. The molecule has 14 heavy (non-hydrogen) atoms. The molecule has 0 bridgehead atoms. The third kappa shape index (κ3) is 4.61. The predicted molar refractivity (Wildman–Crippen MR) is 58.4 cm³/mol. The van der Waals surface area contributed by atoms with E-state index in [1.807, 2.05) is 0 Å². The van der Waals surface area contributed by atoms with Gasteiger partial charge in [0.05, 0.1) is 5.41 Å². The Morgan fingerprint density at radius 1 is 1.36 bits per heavy atom. The summed E-state index contributed by atoms with van der Waals surface area (Å²) in [6, 6.07) is 0.527. The molecule has 0 saturated carbocycles. The molecule has 0 aromatic rings. The van der Waals surface area contributed by atoms with Crippen LogP contribution < -0.4 is 5.32 Å². The van der Waals surface area contributed by atoms with Gasteiger partial charge in [-0.05, 0) is 39.7 Å². The summed E-state index contributed by atoms with van der Waals surface area (Å²) < 4.78 is 0. The van der Waals surface area contributed by atoms with Crippen LogP contribution in [0, 0.1) is 5.41 Å². The zero-order valence-electron chi connectivity index (χ0n) is 9.76. The smallest absolute Gasteiger partial charge is 0.309 e. The number of aliphatic carboxylic acids is 1. The number of hydrogen-bond donors (Lipinski definition) is 2. The van der Waals surface area contributed by atoms with Gasteiger partial charge in [0.1, 0.15) is 0 Å². The third-order valence-electron chi connectivity index (χ3n) is 2.75. The summed E-state index contributed by atoms with van der Waals surface area (Å²) in [6.07, 6.45) is 2.88. The molecule has 0 spiro atoms. The van der Waals surface area contributed by atoms with Crippen molar-refractivity contribution in [2.45, 2.75) is 53.0 Å². The van der Waals surface area contributed by atoms with E-state index < -0.39 is 11.4 Å². The van der Waals surface area contributed by atoms with Gasteiger partial charge >= 0.3 is 5.97 Å². The van der Waals surface area contributed by atoms with E-state index in [0.29, 0.717) is 12.5 Å². The highest BCUT2D eigenvalue weighted by Crippen LogP contribution is 2.19. The first-order valence-electron chi connectivity index (χ1n) is 5.40. The summed E-state index contributed by atoms with van der Waals surface area (Å²) >= 11 is 0. The van der Waals surface area contributed by atoms with E-state index in [-0.39, 0.29) is 0 Å². The van der Waals surface area contributed by atoms with Gasteiger partial charge in [0.15, 0.2) is 0 Å². The Kier molecular flexibility index (Phi) is 5.77. The fourth-order valence-corrected chi connectivity index (χ4v) is 1.27. The Morgan fingerprint density at radius 3 is 2.21 bits per heavy atom. The van der Waals surface area contributed by atoms with Crippen molar-refractivity contribution in [3.8, 4) is 0 Å². The largest absolute Gasteiger partial charge is 0.481 e. The lowest BCUT2D eigenvalue weighted by molar-refractivity contribution is -0.147. The summed E-state index contributed by atoms with van der Waals surface area (Å²) in [5.74, 6) is -0.719. The topological polar surface area (TPSA) is 49.3 Å². The first-order chi connectivity index (χ1) is 6.44. The summed E-state index contributed by atoms with van der Waals surface area (Å²) in [5.41, 5.74) is -0.612. The van der Waals surface area contributed by atoms with Crippen molar-refractivity contribution in [1.29, 1.82) is 0 Å². The summed E-state index contributed by atoms with van der Waals surface area (Å²) in [5, 5.41) is 12.3. The Balaban J connectivity index is 3.78. The fourth-order valence-electron chi connectivity index (χ4n) is 1.27. The van der Waals surface area contributed by atoms with Gasteiger partial charge in [-0.1, -0.05) is 13.8 Å². The van der Waals surface area contributed by atoms with Crippen molar-refractivity contribution in [3.05, 3.63) is 0 Å². The quantitative estimate of drug-likeness (QED) is 0.664. The second-order valence-corrected chi connectivity index (χ2v) is 4.41. The maximum absolute atomic E-state index is 10.8. The average molecular weight is 201 g/mol. The van der Waals surface area contributed by atoms with E-state index >= 15 is 0 Å². The lowest BCUT2D eigenvalue weighted by Gasteiger charge is -2.21. The van der Waals surface area contributed by atoms with Crippen molar-refractivity contribution in [1.82, 2.24) is 5.32 Å². The molecule has 0 saturated heterocycles. The van der Waals surface area contributed by atoms with Gasteiger partial charge in [0.25, 0.3) is 0 Å². The molecule has 0 aromatic heterocycles. The van der Waals surface area contributed by atoms with Gasteiger partial charge < -0.3 is 10.4 Å². The van der Waals surface area contributed by atoms with E-state index in [4.69, 9.17) is 5.11 Å². The van der Waals surface area contributed by atoms with Crippen LogP contribution in [-0.2, 0) is 4.79 Å². The van der Waals surface area contributed by atoms with Crippen LogP contribution >= 0.6 is 0 Å². The van der Waals surface area contributed by atoms with Crippen molar-refractivity contribution < 1.29 is 9.90 Å². The molecule has 0 aliphatic rings. The van der Waals surface area contributed by atoms with Gasteiger partial charge in [-0.25, -0.2) is 0 Å². The standard InChI is InChI=1S/C11H23NO2/c1-5-9(6-2)12-8-7-11(3,4)10(13)14/h9,12H,5-8H2,1-4H3,(H,13,14). The maximum atomic E-state index is 10.8. The molecule has 0 atom stereocenters. The lowest BCUT2D eigenvalue weighted by Crippen LogP contribution is -2.33. The first-order valence-corrected chi connectivity index (χ1v) is 5.40. The molecule has 0 rings (SSSR count). The van der Waals surface area contributed by atoms with E-state index in [9.17, 15) is 4.79 Å². The van der Waals surface area contributed by atoms with Gasteiger partial charge in [0, 0.05) is 6.04 Å². The van der Waals surface area contributed by atoms with Gasteiger partial charge in [0.2, 0.25) is 0 Å². The Hall–Kier alpha value is -0.570. The molecule has 0 radical (unpaired) electrons. The van der Waals surface area contributed by atoms with Crippen LogP contribution in [0.3, 0.4) is 0 Å². The highest BCUT2D eigenvalue weighted by Gasteiger charge is 2.26. The maximum Gasteiger partial charge on any atom is 0.309 e. The number of carboxylic acids is 1. The van der Waals surface area contributed by atoms with Crippen molar-refractivity contribution in [3.63, 3.8) is 0 Å². The predicted octanol–water partition coefficient (Wildman–Crippen LogP) is 2.27. The van der Waals surface area contributed by atoms with Crippen molar-refractivity contribution in [2.75, 3.05) is 6.54 Å². The van der Waals surface area contributed by atoms with Crippen LogP contribution in [0.2, 0.25) is 0 Å². The van der Waals surface area contributed by atoms with Crippen molar-refractivity contribution in [2.24, 2.45) is 5.41 Å². The number of rotatable bonds is 7. The molecule has 2 N–H and O–H groups in total. The highest BCUT2D eigenvalue weighted by molar-refractivity contribution is 5.73. The molecular formula is C11H23NO2. The minimum Gasteiger partial charge on any atom is -0.481 e. The average Bonchev–Trinajstić information content (AvgIpc) is 2.12. The van der Waals surface area contributed by atoms with Gasteiger partial charge in [-0.15, -0.1) is 0 Å². The molecule has 0 aromatic carbocycles. The molecule has 0 fully saturated rings. The number of carboxylic acid groups (broad SMARTS) is 1. The SMILES string of the molecule is CCC(CC)NCCC(C)(C)C(=O)O. The second kappa shape index (κ2) is 6.02. The number of carbonyl (C=O) groups is 1. The normalized spacial score (nSPS) is 12.1. The lowest BCUT2D eigenvalue weighted by atomic mass is 9.89. The zero-order valence-corrected chi connectivity index (χ0v) is 9.76. The van der Waals surface area contributed by atoms with E-state index in [0.717, 1.165) is 19.4 Å². The molecule has 0 aliphatic carbocycles. The second-order valence-electron chi connectivity index (χ2n) is 4.41. The van der Waals surface area contributed by atoms with Crippen LogP contribution in [0.5, 0.6) is 0 Å². The van der Waals surface area contributed by atoms with E-state index in [1.165, 1.54) is 0 Å². The molecule has 0 unspecified atom stereocenters. The summed E-state index contributed by atoms with van der Waals surface area (Å²) in [6.45, 7) is 8.60. The van der Waals surface area contributed by atoms with E-state index in [1.54, 1.807) is 13.8 Å². The summed E-state index contributed by atoms with van der Waals surface area (Å²) in [7, 11) is 0. The molecule has 0 amide bonds. The van der Waals surface area contributed by atoms with Crippen molar-refractivity contribution >= 4 is 5.97 Å².